The first kappa shape index (κ1) is 20.7. The van der Waals surface area contributed by atoms with E-state index in [9.17, 15) is 14.4 Å². The number of aromatic nitrogens is 1. The highest BCUT2D eigenvalue weighted by atomic mass is 16.5. The number of rotatable bonds is 6. The van der Waals surface area contributed by atoms with E-state index in [4.69, 9.17) is 4.74 Å². The van der Waals surface area contributed by atoms with E-state index in [1.54, 1.807) is 46.2 Å². The predicted molar refractivity (Wildman–Crippen MR) is 122 cm³/mol. The Morgan fingerprint density at radius 1 is 1.00 bits per heavy atom. The van der Waals surface area contributed by atoms with Gasteiger partial charge < -0.3 is 15.0 Å². The second kappa shape index (κ2) is 8.38. The van der Waals surface area contributed by atoms with Gasteiger partial charge in [-0.3, -0.25) is 19.3 Å². The maximum absolute atomic E-state index is 13.4. The summed E-state index contributed by atoms with van der Waals surface area (Å²) in [7, 11) is 1.53. The Hall–Kier alpha value is -4.20. The molecule has 0 saturated carbocycles. The van der Waals surface area contributed by atoms with Crippen LogP contribution in [-0.2, 0) is 4.79 Å². The molecule has 8 nitrogen and oxygen atoms in total. The maximum Gasteiger partial charge on any atom is 0.260 e. The van der Waals surface area contributed by atoms with E-state index in [0.717, 1.165) is 5.56 Å². The summed E-state index contributed by atoms with van der Waals surface area (Å²) in [5, 5.41) is 2.80. The van der Waals surface area contributed by atoms with Gasteiger partial charge in [0.05, 0.1) is 30.2 Å². The highest BCUT2D eigenvalue weighted by molar-refractivity contribution is 6.16. The van der Waals surface area contributed by atoms with E-state index in [2.05, 4.69) is 10.3 Å². The van der Waals surface area contributed by atoms with Gasteiger partial charge >= 0.3 is 0 Å². The second-order valence-electron chi connectivity index (χ2n) is 7.89. The number of methoxy groups -OCH3 is 1. The number of hydrogen-bond donors (Lipinski definition) is 1. The number of nitrogens with one attached hydrogen (secondary N) is 1. The van der Waals surface area contributed by atoms with E-state index >= 15 is 0 Å². The molecule has 0 saturated heterocycles. The fraction of sp³-hybridized carbons (Fsp3) is 0.200. The largest absolute Gasteiger partial charge is 0.481 e. The van der Waals surface area contributed by atoms with Crippen molar-refractivity contribution in [3.8, 4) is 5.88 Å². The third-order valence-electron chi connectivity index (χ3n) is 5.91. The molecule has 8 heteroatoms. The molecular weight excluding hydrogens is 420 g/mol. The number of ether oxygens (including phenoxy) is 1. The van der Waals surface area contributed by atoms with Gasteiger partial charge in [-0.2, -0.15) is 0 Å². The Morgan fingerprint density at radius 2 is 1.76 bits per heavy atom. The van der Waals surface area contributed by atoms with Crippen molar-refractivity contribution in [3.63, 3.8) is 0 Å². The molecule has 0 aliphatic carbocycles. The van der Waals surface area contributed by atoms with Crippen molar-refractivity contribution in [2.24, 2.45) is 0 Å². The maximum atomic E-state index is 13.4. The first-order valence-corrected chi connectivity index (χ1v) is 10.7. The average molecular weight is 442 g/mol. The lowest BCUT2D eigenvalue weighted by atomic mass is 10.0. The summed E-state index contributed by atoms with van der Waals surface area (Å²) in [5.74, 6) is 0.0285. The van der Waals surface area contributed by atoms with Gasteiger partial charge in [-0.15, -0.1) is 0 Å². The molecule has 2 aliphatic heterocycles. The van der Waals surface area contributed by atoms with Gasteiger partial charge in [0.25, 0.3) is 11.8 Å². The summed E-state index contributed by atoms with van der Waals surface area (Å²) >= 11 is 0. The van der Waals surface area contributed by atoms with Gasteiger partial charge in [-0.05, 0) is 30.7 Å². The van der Waals surface area contributed by atoms with E-state index in [0.29, 0.717) is 41.3 Å². The minimum absolute atomic E-state index is 0.120. The van der Waals surface area contributed by atoms with Crippen LogP contribution in [0.5, 0.6) is 5.88 Å². The van der Waals surface area contributed by atoms with Gasteiger partial charge in [0.2, 0.25) is 11.8 Å². The normalized spacial score (nSPS) is 16.2. The number of carbonyl (C=O) groups excluding carboxylic acids is 3. The van der Waals surface area contributed by atoms with E-state index in [1.807, 2.05) is 24.3 Å². The SMILES string of the molecule is COc1ccc(NC(=O)CCCN2C(=O)c3ccccc3N3C(=O)c4ccccc4[C@@H]23)cn1. The van der Waals surface area contributed by atoms with Crippen LogP contribution in [0.4, 0.5) is 11.4 Å². The molecular formula is C25H22N4O4. The van der Waals surface area contributed by atoms with Crippen molar-refractivity contribution in [2.45, 2.75) is 19.0 Å². The summed E-state index contributed by atoms with van der Waals surface area (Å²) in [6.45, 7) is 0.338. The van der Waals surface area contributed by atoms with Gasteiger partial charge in [-0.1, -0.05) is 30.3 Å². The Labute approximate surface area is 190 Å². The van der Waals surface area contributed by atoms with Crippen molar-refractivity contribution in [2.75, 3.05) is 23.9 Å². The van der Waals surface area contributed by atoms with Crippen molar-refractivity contribution in [1.82, 2.24) is 9.88 Å². The molecule has 1 aromatic heterocycles. The second-order valence-corrected chi connectivity index (χ2v) is 7.89. The minimum Gasteiger partial charge on any atom is -0.481 e. The minimum atomic E-state index is -0.509. The summed E-state index contributed by atoms with van der Waals surface area (Å²) < 4.78 is 5.02. The predicted octanol–water partition coefficient (Wildman–Crippen LogP) is 3.62. The zero-order chi connectivity index (χ0) is 22.9. The number of hydrogen-bond acceptors (Lipinski definition) is 5. The number of anilines is 2. The smallest absolute Gasteiger partial charge is 0.260 e. The van der Waals surface area contributed by atoms with Crippen LogP contribution in [-0.4, -0.2) is 41.3 Å². The lowest BCUT2D eigenvalue weighted by Crippen LogP contribution is -2.48. The molecule has 0 radical (unpaired) electrons. The first-order chi connectivity index (χ1) is 16.1. The van der Waals surface area contributed by atoms with Crippen LogP contribution < -0.4 is 15.0 Å². The highest BCUT2D eigenvalue weighted by Gasteiger charge is 2.47. The molecule has 3 amide bonds. The van der Waals surface area contributed by atoms with Crippen molar-refractivity contribution >= 4 is 29.1 Å². The fourth-order valence-electron chi connectivity index (χ4n) is 4.41. The van der Waals surface area contributed by atoms with Crippen LogP contribution >= 0.6 is 0 Å². The molecule has 0 bridgehead atoms. The Kier molecular flexibility index (Phi) is 5.26. The Balaban J connectivity index is 1.33. The van der Waals surface area contributed by atoms with Crippen LogP contribution in [0.2, 0.25) is 0 Å². The molecule has 0 unspecified atom stereocenters. The van der Waals surface area contributed by atoms with Crippen molar-refractivity contribution < 1.29 is 19.1 Å². The lowest BCUT2D eigenvalue weighted by Gasteiger charge is -2.41. The topological polar surface area (TPSA) is 91.8 Å². The van der Waals surface area contributed by atoms with E-state index in [1.165, 1.54) is 13.3 Å². The van der Waals surface area contributed by atoms with Crippen LogP contribution in [0.3, 0.4) is 0 Å². The van der Waals surface area contributed by atoms with Crippen LogP contribution in [0.25, 0.3) is 0 Å². The quantitative estimate of drug-likeness (QED) is 0.630. The van der Waals surface area contributed by atoms with Gasteiger partial charge in [0.15, 0.2) is 0 Å². The Morgan fingerprint density at radius 3 is 2.52 bits per heavy atom. The van der Waals surface area contributed by atoms with Crippen LogP contribution in [0.1, 0.15) is 45.3 Å². The molecule has 1 atom stereocenters. The highest BCUT2D eigenvalue weighted by Crippen LogP contribution is 2.45. The average Bonchev–Trinajstić information content (AvgIpc) is 3.14. The first-order valence-electron chi connectivity index (χ1n) is 10.7. The summed E-state index contributed by atoms with van der Waals surface area (Å²) in [4.78, 5) is 46.4. The zero-order valence-electron chi connectivity index (χ0n) is 18.0. The third-order valence-corrected chi connectivity index (χ3v) is 5.91. The monoisotopic (exact) mass is 442 g/mol. The number of amides is 3. The molecule has 33 heavy (non-hydrogen) atoms. The van der Waals surface area contributed by atoms with Crippen LogP contribution in [0.15, 0.2) is 66.9 Å². The molecule has 2 aliphatic rings. The number of fused-ring (bicyclic) bond motifs is 5. The lowest BCUT2D eigenvalue weighted by molar-refractivity contribution is -0.116. The van der Waals surface area contributed by atoms with Gasteiger partial charge in [-0.25, -0.2) is 4.98 Å². The zero-order valence-corrected chi connectivity index (χ0v) is 18.0. The number of pyridine rings is 1. The molecule has 3 aromatic rings. The third kappa shape index (κ3) is 3.59. The molecule has 166 valence electrons. The number of nitrogens with zero attached hydrogens (tertiary/aromatic N) is 3. The standard InChI is InChI=1S/C25H22N4O4/c1-33-22-13-12-16(15-26-22)27-21(30)11-6-14-28-23-17-7-2-3-8-18(17)25(32)29(23)20-10-5-4-9-19(20)24(28)31/h2-5,7-10,12-13,15,23H,6,11,14H2,1H3,(H,27,30)/t23-/m0/s1. The Bertz CT molecular complexity index is 1240. The van der Waals surface area contributed by atoms with Crippen LogP contribution in [0, 0.1) is 0 Å². The molecule has 3 heterocycles. The van der Waals surface area contributed by atoms with Crippen molar-refractivity contribution in [1.29, 1.82) is 0 Å². The summed E-state index contributed by atoms with van der Waals surface area (Å²) in [5.41, 5.74) is 3.09. The summed E-state index contributed by atoms with van der Waals surface area (Å²) in [6, 6.07) is 17.9. The number of para-hydroxylation sites is 1. The molecule has 0 spiro atoms. The number of benzene rings is 2. The molecule has 5 rings (SSSR count). The number of carbonyl (C=O) groups is 3. The van der Waals surface area contributed by atoms with Gasteiger partial charge in [0.1, 0.15) is 6.17 Å². The van der Waals surface area contributed by atoms with Gasteiger partial charge in [0, 0.05) is 30.2 Å². The van der Waals surface area contributed by atoms with Crippen molar-refractivity contribution in [3.05, 3.63) is 83.6 Å². The van der Waals surface area contributed by atoms with E-state index < -0.39 is 6.17 Å². The summed E-state index contributed by atoms with van der Waals surface area (Å²) in [6.07, 6.45) is 1.69. The molecule has 1 N–H and O–H groups in total. The molecule has 2 aromatic carbocycles. The molecule has 0 fully saturated rings. The fourth-order valence-corrected chi connectivity index (χ4v) is 4.41. The van der Waals surface area contributed by atoms with E-state index in [-0.39, 0.29) is 24.1 Å².